The monoisotopic (exact) mass is 483 g/mol. The Balaban J connectivity index is 1.53. The quantitative estimate of drug-likeness (QED) is 0.357. The van der Waals surface area contributed by atoms with Crippen LogP contribution < -0.4 is 10.1 Å². The Hall–Kier alpha value is -4.19. The molecule has 10 nitrogen and oxygen atoms in total. The summed E-state index contributed by atoms with van der Waals surface area (Å²) in [5, 5.41) is 23.4. The molecule has 0 saturated carbocycles. The molecule has 5 rings (SSSR count). The first-order chi connectivity index (χ1) is 16.5. The zero-order valence-corrected chi connectivity index (χ0v) is 18.4. The number of tetrazole rings is 1. The first-order valence-corrected chi connectivity index (χ1v) is 10.5. The second-order valence-electron chi connectivity index (χ2n) is 7.18. The van der Waals surface area contributed by atoms with Crippen LogP contribution in [0.2, 0.25) is 5.02 Å². The van der Waals surface area contributed by atoms with Crippen molar-refractivity contribution in [1.29, 1.82) is 0 Å². The molecular formula is C21H16ClF2N9O. The van der Waals surface area contributed by atoms with Gasteiger partial charge in [-0.05, 0) is 23.4 Å². The normalized spacial score (nSPS) is 11.2. The van der Waals surface area contributed by atoms with Crippen LogP contribution in [0.3, 0.4) is 0 Å². The molecule has 3 aromatic heterocycles. The van der Waals surface area contributed by atoms with Crippen molar-refractivity contribution < 1.29 is 13.5 Å². The summed E-state index contributed by atoms with van der Waals surface area (Å²) in [6, 6.07) is 10.0. The maximum atomic E-state index is 14.1. The number of halogens is 3. The highest BCUT2D eigenvalue weighted by Gasteiger charge is 2.20. The van der Waals surface area contributed by atoms with Crippen LogP contribution >= 0.6 is 11.6 Å². The van der Waals surface area contributed by atoms with E-state index in [1.165, 1.54) is 4.80 Å². The van der Waals surface area contributed by atoms with Crippen LogP contribution in [0.5, 0.6) is 11.8 Å². The Morgan fingerprint density at radius 1 is 1.15 bits per heavy atom. The van der Waals surface area contributed by atoms with Gasteiger partial charge in [-0.3, -0.25) is 5.10 Å². The highest BCUT2D eigenvalue weighted by molar-refractivity contribution is 6.33. The van der Waals surface area contributed by atoms with Gasteiger partial charge in [-0.15, -0.1) is 10.2 Å². The smallest absolute Gasteiger partial charge is 0.326 e. The van der Waals surface area contributed by atoms with Crippen LogP contribution in [0.1, 0.15) is 5.82 Å². The summed E-state index contributed by atoms with van der Waals surface area (Å²) < 4.78 is 32.9. The lowest BCUT2D eigenvalue weighted by Gasteiger charge is -2.10. The van der Waals surface area contributed by atoms with E-state index >= 15 is 0 Å². The largest absolute Gasteiger partial charge is 0.421 e. The van der Waals surface area contributed by atoms with Crippen molar-refractivity contribution in [3.63, 3.8) is 0 Å². The van der Waals surface area contributed by atoms with E-state index in [2.05, 4.69) is 40.9 Å². The van der Waals surface area contributed by atoms with E-state index in [1.54, 1.807) is 13.1 Å². The minimum atomic E-state index is -0.881. The lowest BCUT2D eigenvalue weighted by molar-refractivity contribution is 0.410. The van der Waals surface area contributed by atoms with E-state index in [4.69, 9.17) is 16.3 Å². The number of aromatic amines is 1. The Labute approximate surface area is 195 Å². The van der Waals surface area contributed by atoms with E-state index in [-0.39, 0.29) is 11.8 Å². The summed E-state index contributed by atoms with van der Waals surface area (Å²) in [5.41, 5.74) is 1.54. The van der Waals surface area contributed by atoms with Gasteiger partial charge in [0.15, 0.2) is 23.0 Å². The number of benzene rings is 2. The predicted octanol–water partition coefficient (Wildman–Crippen LogP) is 3.92. The maximum Gasteiger partial charge on any atom is 0.326 e. The molecule has 3 heterocycles. The van der Waals surface area contributed by atoms with Crippen molar-refractivity contribution in [1.82, 2.24) is 40.4 Å². The molecule has 0 radical (unpaired) electrons. The standard InChI is InChI=1S/C21H16ClF2N9O/c1-33-31-16(28-32-33)8-9-25-19-17-18(12-4-2-3-5-13(12)22)29-30-20(17)27-21(26-19)34-15-7-6-11(23)10-14(15)24/h2-7,10H,8-9H2,1H3,(H2,25,26,27,29,30). The minimum absolute atomic E-state index is 0.160. The Kier molecular flexibility index (Phi) is 5.72. The fraction of sp³-hybridized carbons (Fsp3) is 0.143. The molecule has 0 fully saturated rings. The summed E-state index contributed by atoms with van der Waals surface area (Å²) in [6.07, 6.45) is 0.460. The van der Waals surface area contributed by atoms with Crippen molar-refractivity contribution in [3.8, 4) is 23.0 Å². The molecule has 0 spiro atoms. The molecule has 0 saturated heterocycles. The van der Waals surface area contributed by atoms with Gasteiger partial charge in [0.1, 0.15) is 17.3 Å². The highest BCUT2D eigenvalue weighted by atomic mass is 35.5. The topological polar surface area (TPSA) is 119 Å². The van der Waals surface area contributed by atoms with Crippen LogP contribution in [0.25, 0.3) is 22.3 Å². The summed E-state index contributed by atoms with van der Waals surface area (Å²) >= 11 is 6.39. The van der Waals surface area contributed by atoms with E-state index in [9.17, 15) is 8.78 Å². The summed E-state index contributed by atoms with van der Waals surface area (Å²) in [6.45, 7) is 0.398. The van der Waals surface area contributed by atoms with Crippen molar-refractivity contribution in [2.75, 3.05) is 11.9 Å². The van der Waals surface area contributed by atoms with Gasteiger partial charge in [0.2, 0.25) is 0 Å². The third-order valence-electron chi connectivity index (χ3n) is 4.81. The first-order valence-electron chi connectivity index (χ1n) is 10.1. The number of aromatic nitrogens is 8. The molecule has 34 heavy (non-hydrogen) atoms. The zero-order chi connectivity index (χ0) is 23.7. The SMILES string of the molecule is Cn1nnc(CCNc2nc(Oc3ccc(F)cc3F)nc3[nH]nc(-c4ccccc4Cl)c23)n1. The second-order valence-corrected chi connectivity index (χ2v) is 7.59. The fourth-order valence-corrected chi connectivity index (χ4v) is 3.53. The second kappa shape index (κ2) is 8.98. The minimum Gasteiger partial charge on any atom is -0.421 e. The van der Waals surface area contributed by atoms with E-state index in [0.29, 0.717) is 58.0 Å². The van der Waals surface area contributed by atoms with E-state index in [0.717, 1.165) is 12.1 Å². The lowest BCUT2D eigenvalue weighted by atomic mass is 10.1. The van der Waals surface area contributed by atoms with E-state index < -0.39 is 11.6 Å². The molecular weight excluding hydrogens is 468 g/mol. The zero-order valence-electron chi connectivity index (χ0n) is 17.6. The number of fused-ring (bicyclic) bond motifs is 1. The van der Waals surface area contributed by atoms with Gasteiger partial charge in [0.25, 0.3) is 0 Å². The number of rotatable bonds is 7. The molecule has 2 N–H and O–H groups in total. The molecule has 0 atom stereocenters. The van der Waals surface area contributed by atoms with Crippen LogP contribution in [-0.2, 0) is 13.5 Å². The molecule has 0 amide bonds. The molecule has 0 bridgehead atoms. The number of hydrogen-bond acceptors (Lipinski definition) is 8. The number of hydrogen-bond donors (Lipinski definition) is 2. The Morgan fingerprint density at radius 2 is 2.00 bits per heavy atom. The molecule has 0 aliphatic rings. The average Bonchev–Trinajstić information content (AvgIpc) is 3.42. The van der Waals surface area contributed by atoms with Crippen LogP contribution in [0, 0.1) is 11.6 Å². The van der Waals surface area contributed by atoms with Gasteiger partial charge >= 0.3 is 6.01 Å². The Morgan fingerprint density at radius 3 is 2.76 bits per heavy atom. The molecule has 2 aromatic carbocycles. The maximum absolute atomic E-state index is 14.1. The predicted molar refractivity (Wildman–Crippen MR) is 120 cm³/mol. The van der Waals surface area contributed by atoms with E-state index in [1.807, 2.05) is 18.2 Å². The number of ether oxygens (including phenoxy) is 1. The molecule has 0 unspecified atom stereocenters. The number of H-pyrrole nitrogens is 1. The van der Waals surface area contributed by atoms with Crippen LogP contribution in [-0.4, -0.2) is 46.9 Å². The van der Waals surface area contributed by atoms with Gasteiger partial charge < -0.3 is 10.1 Å². The number of nitrogens with one attached hydrogen (secondary N) is 2. The summed E-state index contributed by atoms with van der Waals surface area (Å²) in [4.78, 5) is 10.1. The van der Waals surface area contributed by atoms with Crippen molar-refractivity contribution in [2.24, 2.45) is 7.05 Å². The number of anilines is 1. The van der Waals surface area contributed by atoms with Crippen molar-refractivity contribution in [2.45, 2.75) is 6.42 Å². The van der Waals surface area contributed by atoms with Gasteiger partial charge in [-0.2, -0.15) is 19.9 Å². The third kappa shape index (κ3) is 4.35. The Bertz CT molecular complexity index is 1490. The van der Waals surface area contributed by atoms with Crippen LogP contribution in [0.4, 0.5) is 14.6 Å². The molecule has 0 aliphatic heterocycles. The average molecular weight is 484 g/mol. The fourth-order valence-electron chi connectivity index (χ4n) is 3.30. The summed E-state index contributed by atoms with van der Waals surface area (Å²) in [7, 11) is 1.68. The van der Waals surface area contributed by atoms with Crippen LogP contribution in [0.15, 0.2) is 42.5 Å². The molecule has 5 aromatic rings. The molecule has 0 aliphatic carbocycles. The lowest BCUT2D eigenvalue weighted by Crippen LogP contribution is -2.09. The van der Waals surface area contributed by atoms with Gasteiger partial charge in [-0.1, -0.05) is 29.8 Å². The van der Waals surface area contributed by atoms with Gasteiger partial charge in [-0.25, -0.2) is 8.78 Å². The third-order valence-corrected chi connectivity index (χ3v) is 5.14. The van der Waals surface area contributed by atoms with Gasteiger partial charge in [0, 0.05) is 24.6 Å². The molecule has 172 valence electrons. The number of aryl methyl sites for hydroxylation is 1. The highest BCUT2D eigenvalue weighted by Crippen LogP contribution is 2.35. The first kappa shape index (κ1) is 21.6. The molecule has 13 heteroatoms. The number of nitrogens with zero attached hydrogens (tertiary/aromatic N) is 7. The summed E-state index contributed by atoms with van der Waals surface area (Å²) in [5.74, 6) is -0.910. The van der Waals surface area contributed by atoms with Crippen molar-refractivity contribution in [3.05, 3.63) is 64.9 Å². The van der Waals surface area contributed by atoms with Gasteiger partial charge in [0.05, 0.1) is 17.5 Å². The van der Waals surface area contributed by atoms with Crippen molar-refractivity contribution >= 4 is 28.5 Å².